The van der Waals surface area contributed by atoms with Gasteiger partial charge in [0, 0.05) is 0 Å². The molecule has 2 N–H and O–H groups in total. The lowest BCUT2D eigenvalue weighted by atomic mass is 9.93. The molecule has 0 aromatic heterocycles. The van der Waals surface area contributed by atoms with Gasteiger partial charge >= 0.3 is 5.97 Å². The van der Waals surface area contributed by atoms with Crippen molar-refractivity contribution in [2.45, 2.75) is 33.1 Å². The minimum atomic E-state index is -1.09. The molecule has 0 aliphatic rings. The second-order valence-corrected chi connectivity index (χ2v) is 3.88. The lowest BCUT2D eigenvalue weighted by Gasteiger charge is -2.13. The normalized spacial score (nSPS) is 10.7. The smallest absolute Gasteiger partial charge is 0.339 e. The molecule has 1 rings (SSSR count). The molecule has 0 saturated heterocycles. The van der Waals surface area contributed by atoms with Gasteiger partial charge in [-0.2, -0.15) is 0 Å². The maximum absolute atomic E-state index is 10.8. The van der Waals surface area contributed by atoms with Gasteiger partial charge in [-0.05, 0) is 35.6 Å². The van der Waals surface area contributed by atoms with Crippen LogP contribution in [0.5, 0.6) is 5.75 Å². The fraction of sp³-hybridized carbons (Fsp3) is 0.417. The van der Waals surface area contributed by atoms with Gasteiger partial charge in [-0.1, -0.05) is 20.8 Å². The van der Waals surface area contributed by atoms with Crippen molar-refractivity contribution >= 4 is 5.97 Å². The first-order valence-electron chi connectivity index (χ1n) is 5.06. The molecule has 0 unspecified atom stereocenters. The molecular weight excluding hydrogens is 192 g/mol. The van der Waals surface area contributed by atoms with E-state index in [4.69, 9.17) is 5.11 Å². The Morgan fingerprint density at radius 3 is 2.40 bits per heavy atom. The molecule has 1 aromatic carbocycles. The second kappa shape index (κ2) is 4.34. The van der Waals surface area contributed by atoms with Crippen LogP contribution >= 0.6 is 0 Å². The summed E-state index contributed by atoms with van der Waals surface area (Å²) in [7, 11) is 0. The number of aryl methyl sites for hydroxylation is 1. The van der Waals surface area contributed by atoms with Gasteiger partial charge in [0.05, 0.1) is 0 Å². The molecule has 0 amide bonds. The summed E-state index contributed by atoms with van der Waals surface area (Å²) in [6.07, 6.45) is 0.793. The van der Waals surface area contributed by atoms with E-state index in [1.54, 1.807) is 12.1 Å². The van der Waals surface area contributed by atoms with Gasteiger partial charge in [0.2, 0.25) is 0 Å². The summed E-state index contributed by atoms with van der Waals surface area (Å²) in [4.78, 5) is 10.8. The molecular formula is C12H16O3. The Kier molecular flexibility index (Phi) is 3.35. The average Bonchev–Trinajstić information content (AvgIpc) is 2.16. The highest BCUT2D eigenvalue weighted by atomic mass is 16.4. The molecule has 3 nitrogen and oxygen atoms in total. The molecule has 0 saturated carbocycles. The zero-order valence-corrected chi connectivity index (χ0v) is 9.24. The summed E-state index contributed by atoms with van der Waals surface area (Å²) in [6, 6.07) is 3.12. The Balaban J connectivity index is 3.37. The third kappa shape index (κ3) is 2.29. The van der Waals surface area contributed by atoms with Crippen LogP contribution in [-0.2, 0) is 6.42 Å². The van der Waals surface area contributed by atoms with Gasteiger partial charge in [-0.25, -0.2) is 4.79 Å². The minimum Gasteiger partial charge on any atom is -0.507 e. The number of benzene rings is 1. The Labute approximate surface area is 89.4 Å². The van der Waals surface area contributed by atoms with Crippen LogP contribution in [0.3, 0.4) is 0 Å². The lowest BCUT2D eigenvalue weighted by Crippen LogP contribution is -2.02. The van der Waals surface area contributed by atoms with E-state index in [0.29, 0.717) is 0 Å². The van der Waals surface area contributed by atoms with Gasteiger partial charge in [0.1, 0.15) is 11.3 Å². The minimum absolute atomic E-state index is 0.0177. The first kappa shape index (κ1) is 11.6. The summed E-state index contributed by atoms with van der Waals surface area (Å²) >= 11 is 0. The molecule has 0 bridgehead atoms. The summed E-state index contributed by atoms with van der Waals surface area (Å²) in [5.41, 5.74) is 1.98. The van der Waals surface area contributed by atoms with Gasteiger partial charge in [-0.3, -0.25) is 0 Å². The number of aromatic carboxylic acids is 1. The van der Waals surface area contributed by atoms with E-state index in [-0.39, 0.29) is 17.2 Å². The number of carboxylic acids is 1. The van der Waals surface area contributed by atoms with Crippen LogP contribution in [0.25, 0.3) is 0 Å². The number of phenols is 1. The Hall–Kier alpha value is -1.51. The zero-order chi connectivity index (χ0) is 11.6. The molecule has 0 atom stereocenters. The van der Waals surface area contributed by atoms with Crippen LogP contribution < -0.4 is 0 Å². The third-order valence-electron chi connectivity index (χ3n) is 2.49. The molecule has 82 valence electrons. The van der Waals surface area contributed by atoms with Gasteiger partial charge < -0.3 is 10.2 Å². The van der Waals surface area contributed by atoms with Gasteiger partial charge in [0.15, 0.2) is 0 Å². The average molecular weight is 208 g/mol. The number of hydrogen-bond donors (Lipinski definition) is 2. The van der Waals surface area contributed by atoms with E-state index in [9.17, 15) is 9.90 Å². The Morgan fingerprint density at radius 2 is 2.00 bits per heavy atom. The number of hydrogen-bond acceptors (Lipinski definition) is 2. The van der Waals surface area contributed by atoms with E-state index in [1.807, 2.05) is 20.8 Å². The maximum Gasteiger partial charge on any atom is 0.339 e. The van der Waals surface area contributed by atoms with E-state index in [0.717, 1.165) is 17.5 Å². The molecule has 0 spiro atoms. The topological polar surface area (TPSA) is 57.5 Å². The number of carboxylic acid groups (broad SMARTS) is 1. The standard InChI is InChI=1S/C12H16O3/c1-4-8-5-11(13)10(12(14)15)6-9(8)7(2)3/h5-7,13H,4H2,1-3H3,(H,14,15). The van der Waals surface area contributed by atoms with Crippen molar-refractivity contribution in [1.29, 1.82) is 0 Å². The SMILES string of the molecule is CCc1cc(O)c(C(=O)O)cc1C(C)C. The van der Waals surface area contributed by atoms with Gasteiger partial charge in [0.25, 0.3) is 0 Å². The van der Waals surface area contributed by atoms with E-state index in [1.165, 1.54) is 0 Å². The fourth-order valence-electron chi connectivity index (χ4n) is 1.66. The highest BCUT2D eigenvalue weighted by Gasteiger charge is 2.15. The van der Waals surface area contributed by atoms with Gasteiger partial charge in [-0.15, -0.1) is 0 Å². The third-order valence-corrected chi connectivity index (χ3v) is 2.49. The molecule has 0 radical (unpaired) electrons. The first-order valence-corrected chi connectivity index (χ1v) is 5.06. The fourth-order valence-corrected chi connectivity index (χ4v) is 1.66. The van der Waals surface area contributed by atoms with Crippen molar-refractivity contribution in [3.8, 4) is 5.75 Å². The summed E-state index contributed by atoms with van der Waals surface area (Å²) in [5, 5.41) is 18.4. The predicted octanol–water partition coefficient (Wildman–Crippen LogP) is 2.78. The molecule has 0 fully saturated rings. The van der Waals surface area contributed by atoms with Crippen molar-refractivity contribution in [2.24, 2.45) is 0 Å². The number of aromatic hydroxyl groups is 1. The highest BCUT2D eigenvalue weighted by molar-refractivity contribution is 5.91. The van der Waals surface area contributed by atoms with E-state index < -0.39 is 5.97 Å². The van der Waals surface area contributed by atoms with Crippen LogP contribution in [0.15, 0.2) is 12.1 Å². The molecule has 1 aromatic rings. The second-order valence-electron chi connectivity index (χ2n) is 3.88. The quantitative estimate of drug-likeness (QED) is 0.803. The Bertz CT molecular complexity index is 381. The van der Waals surface area contributed by atoms with Crippen LogP contribution in [0.2, 0.25) is 0 Å². The maximum atomic E-state index is 10.8. The van der Waals surface area contributed by atoms with Crippen molar-refractivity contribution in [2.75, 3.05) is 0 Å². The van der Waals surface area contributed by atoms with Crippen LogP contribution in [0, 0.1) is 0 Å². The van der Waals surface area contributed by atoms with Crippen molar-refractivity contribution in [3.05, 3.63) is 28.8 Å². The summed E-state index contributed by atoms with van der Waals surface area (Å²) in [6.45, 7) is 6.01. The van der Waals surface area contributed by atoms with Crippen molar-refractivity contribution < 1.29 is 15.0 Å². The summed E-state index contributed by atoms with van der Waals surface area (Å²) < 4.78 is 0. The first-order chi connectivity index (χ1) is 6.97. The molecule has 0 heterocycles. The molecule has 15 heavy (non-hydrogen) atoms. The number of rotatable bonds is 3. The predicted molar refractivity (Wildman–Crippen MR) is 58.5 cm³/mol. The molecule has 3 heteroatoms. The number of carbonyl (C=O) groups is 1. The Morgan fingerprint density at radius 1 is 1.40 bits per heavy atom. The highest BCUT2D eigenvalue weighted by Crippen LogP contribution is 2.28. The van der Waals surface area contributed by atoms with E-state index in [2.05, 4.69) is 0 Å². The largest absolute Gasteiger partial charge is 0.507 e. The molecule has 0 aliphatic heterocycles. The van der Waals surface area contributed by atoms with Crippen LogP contribution in [0.4, 0.5) is 0 Å². The van der Waals surface area contributed by atoms with Crippen molar-refractivity contribution in [3.63, 3.8) is 0 Å². The zero-order valence-electron chi connectivity index (χ0n) is 9.24. The van der Waals surface area contributed by atoms with E-state index >= 15 is 0 Å². The lowest BCUT2D eigenvalue weighted by molar-refractivity contribution is 0.0693. The molecule has 0 aliphatic carbocycles. The van der Waals surface area contributed by atoms with Crippen LogP contribution in [0.1, 0.15) is 48.2 Å². The monoisotopic (exact) mass is 208 g/mol. The van der Waals surface area contributed by atoms with Crippen LogP contribution in [-0.4, -0.2) is 16.2 Å². The summed E-state index contributed by atoms with van der Waals surface area (Å²) in [5.74, 6) is -0.973. The van der Waals surface area contributed by atoms with Crippen molar-refractivity contribution in [1.82, 2.24) is 0 Å².